The predicted octanol–water partition coefficient (Wildman–Crippen LogP) is 2.69. The van der Waals surface area contributed by atoms with E-state index in [-0.39, 0.29) is 5.91 Å². The van der Waals surface area contributed by atoms with Crippen molar-refractivity contribution >= 4 is 21.6 Å². The standard InChI is InChI=1S/C24H33N3O4S/c1-4-23(27(32(3,29)30)22-10-5-7-19(2)15-22)24(28)25-17-20-8-6-9-21(16-20)18-26-11-13-31-14-12-26/h5-10,15-16,23H,4,11-14,17-18H2,1-3H3,(H,25,28)/t23-/m0/s1. The molecule has 0 bridgehead atoms. The van der Waals surface area contributed by atoms with Gasteiger partial charge in [-0.05, 0) is 42.2 Å². The summed E-state index contributed by atoms with van der Waals surface area (Å²) in [4.78, 5) is 15.4. The number of aryl methyl sites for hydroxylation is 1. The Balaban J connectivity index is 1.70. The van der Waals surface area contributed by atoms with E-state index in [0.29, 0.717) is 18.7 Å². The summed E-state index contributed by atoms with van der Waals surface area (Å²) in [7, 11) is -3.64. The number of benzene rings is 2. The van der Waals surface area contributed by atoms with Crippen molar-refractivity contribution in [1.82, 2.24) is 10.2 Å². The van der Waals surface area contributed by atoms with E-state index in [1.807, 2.05) is 32.0 Å². The molecule has 2 aromatic carbocycles. The van der Waals surface area contributed by atoms with E-state index in [9.17, 15) is 13.2 Å². The van der Waals surface area contributed by atoms with Crippen LogP contribution >= 0.6 is 0 Å². The van der Waals surface area contributed by atoms with Gasteiger partial charge in [-0.25, -0.2) is 8.42 Å². The monoisotopic (exact) mass is 459 g/mol. The van der Waals surface area contributed by atoms with Crippen LogP contribution in [0.15, 0.2) is 48.5 Å². The molecule has 1 atom stereocenters. The van der Waals surface area contributed by atoms with Crippen molar-refractivity contribution in [2.75, 3.05) is 36.9 Å². The Morgan fingerprint density at radius 2 is 1.81 bits per heavy atom. The van der Waals surface area contributed by atoms with Crippen molar-refractivity contribution < 1.29 is 17.9 Å². The van der Waals surface area contributed by atoms with Gasteiger partial charge in [-0.15, -0.1) is 0 Å². The highest BCUT2D eigenvalue weighted by Gasteiger charge is 2.31. The summed E-state index contributed by atoms with van der Waals surface area (Å²) in [5.74, 6) is -0.307. The highest BCUT2D eigenvalue weighted by atomic mass is 32.2. The Kier molecular flexibility index (Phi) is 8.28. The number of amides is 1. The third-order valence-corrected chi connectivity index (χ3v) is 6.73. The van der Waals surface area contributed by atoms with Gasteiger partial charge in [0.25, 0.3) is 0 Å². The number of carbonyl (C=O) groups is 1. The fraction of sp³-hybridized carbons (Fsp3) is 0.458. The van der Waals surface area contributed by atoms with Crippen molar-refractivity contribution in [2.24, 2.45) is 0 Å². The van der Waals surface area contributed by atoms with Gasteiger partial charge in [-0.2, -0.15) is 0 Å². The first-order valence-corrected chi connectivity index (χ1v) is 12.8. The SMILES string of the molecule is CC[C@@H](C(=O)NCc1cccc(CN2CCOCC2)c1)N(c1cccc(C)c1)S(C)(=O)=O. The Morgan fingerprint density at radius 1 is 1.12 bits per heavy atom. The van der Waals surface area contributed by atoms with Crippen molar-refractivity contribution in [3.8, 4) is 0 Å². The smallest absolute Gasteiger partial charge is 0.244 e. The predicted molar refractivity (Wildman–Crippen MR) is 127 cm³/mol. The van der Waals surface area contributed by atoms with E-state index in [4.69, 9.17) is 4.74 Å². The Morgan fingerprint density at radius 3 is 2.47 bits per heavy atom. The minimum atomic E-state index is -3.64. The van der Waals surface area contributed by atoms with Gasteiger partial charge in [0.1, 0.15) is 6.04 Å². The van der Waals surface area contributed by atoms with E-state index < -0.39 is 16.1 Å². The van der Waals surface area contributed by atoms with Gasteiger partial charge in [0.2, 0.25) is 15.9 Å². The number of ether oxygens (including phenoxy) is 1. The highest BCUT2D eigenvalue weighted by Crippen LogP contribution is 2.23. The van der Waals surface area contributed by atoms with E-state index >= 15 is 0 Å². The Hall–Kier alpha value is -2.42. The van der Waals surface area contributed by atoms with Crippen LogP contribution in [0.4, 0.5) is 5.69 Å². The number of anilines is 1. The van der Waals surface area contributed by atoms with Gasteiger partial charge in [-0.1, -0.05) is 43.3 Å². The van der Waals surface area contributed by atoms with Crippen molar-refractivity contribution in [3.05, 3.63) is 65.2 Å². The number of carbonyl (C=O) groups excluding carboxylic acids is 1. The molecule has 8 heteroatoms. The molecule has 0 unspecified atom stereocenters. The summed E-state index contributed by atoms with van der Waals surface area (Å²) in [6.07, 6.45) is 1.50. The number of nitrogens with zero attached hydrogens (tertiary/aromatic N) is 2. The molecule has 174 valence electrons. The molecule has 2 aromatic rings. The largest absolute Gasteiger partial charge is 0.379 e. The van der Waals surface area contributed by atoms with Crippen LogP contribution in [0.2, 0.25) is 0 Å². The molecule has 0 spiro atoms. The molecule has 1 amide bonds. The summed E-state index contributed by atoms with van der Waals surface area (Å²) in [5, 5.41) is 2.94. The molecule has 32 heavy (non-hydrogen) atoms. The van der Waals surface area contributed by atoms with Gasteiger partial charge in [0.05, 0.1) is 25.2 Å². The van der Waals surface area contributed by atoms with Crippen molar-refractivity contribution in [2.45, 2.75) is 39.4 Å². The van der Waals surface area contributed by atoms with Crippen LogP contribution in [-0.2, 0) is 32.6 Å². The molecule has 0 radical (unpaired) electrons. The van der Waals surface area contributed by atoms with Crippen LogP contribution in [-0.4, -0.2) is 57.8 Å². The minimum Gasteiger partial charge on any atom is -0.379 e. The summed E-state index contributed by atoms with van der Waals surface area (Å²) in [5.41, 5.74) is 3.61. The maximum atomic E-state index is 13.1. The lowest BCUT2D eigenvalue weighted by atomic mass is 10.1. The van der Waals surface area contributed by atoms with Crippen LogP contribution in [0, 0.1) is 6.92 Å². The lowest BCUT2D eigenvalue weighted by Crippen LogP contribution is -2.49. The van der Waals surface area contributed by atoms with Gasteiger partial charge in [-0.3, -0.25) is 14.0 Å². The van der Waals surface area contributed by atoms with E-state index in [1.54, 1.807) is 18.2 Å². The third-order valence-electron chi connectivity index (χ3n) is 5.55. The highest BCUT2D eigenvalue weighted by molar-refractivity contribution is 7.92. The normalized spacial score (nSPS) is 15.8. The minimum absolute atomic E-state index is 0.307. The first-order chi connectivity index (χ1) is 15.3. The quantitative estimate of drug-likeness (QED) is 0.624. The van der Waals surface area contributed by atoms with E-state index in [2.05, 4.69) is 22.3 Å². The molecule has 0 saturated carbocycles. The zero-order valence-corrected chi connectivity index (χ0v) is 19.9. The molecule has 1 saturated heterocycles. The van der Waals surface area contributed by atoms with Crippen molar-refractivity contribution in [3.63, 3.8) is 0 Å². The molecule has 1 fully saturated rings. The third kappa shape index (κ3) is 6.54. The topological polar surface area (TPSA) is 79.0 Å². The zero-order chi connectivity index (χ0) is 23.1. The number of sulfonamides is 1. The van der Waals surface area contributed by atoms with Crippen LogP contribution in [0.5, 0.6) is 0 Å². The zero-order valence-electron chi connectivity index (χ0n) is 19.1. The van der Waals surface area contributed by atoms with E-state index in [0.717, 1.165) is 50.2 Å². The summed E-state index contributed by atoms with van der Waals surface area (Å²) in [6.45, 7) is 8.25. The number of hydrogen-bond donors (Lipinski definition) is 1. The summed E-state index contributed by atoms with van der Waals surface area (Å²) in [6, 6.07) is 14.5. The average Bonchev–Trinajstić information content (AvgIpc) is 2.76. The molecule has 1 heterocycles. The fourth-order valence-electron chi connectivity index (χ4n) is 3.99. The van der Waals surface area contributed by atoms with Crippen molar-refractivity contribution in [1.29, 1.82) is 0 Å². The maximum Gasteiger partial charge on any atom is 0.244 e. The van der Waals surface area contributed by atoms with Crippen LogP contribution in [0.3, 0.4) is 0 Å². The molecular weight excluding hydrogens is 426 g/mol. The second kappa shape index (κ2) is 10.9. The van der Waals surface area contributed by atoms with Gasteiger partial charge >= 0.3 is 0 Å². The molecule has 0 aromatic heterocycles. The van der Waals surface area contributed by atoms with E-state index in [1.165, 1.54) is 9.87 Å². The molecule has 7 nitrogen and oxygen atoms in total. The number of nitrogens with one attached hydrogen (secondary N) is 1. The summed E-state index contributed by atoms with van der Waals surface area (Å²) < 4.78 is 31.8. The number of hydrogen-bond acceptors (Lipinski definition) is 5. The molecule has 1 aliphatic rings. The van der Waals surface area contributed by atoms with Gasteiger partial charge in [0, 0.05) is 26.2 Å². The van der Waals surface area contributed by atoms with Gasteiger partial charge < -0.3 is 10.1 Å². The molecule has 1 N–H and O–H groups in total. The molecule has 3 rings (SSSR count). The lowest BCUT2D eigenvalue weighted by Gasteiger charge is -2.30. The molecule has 0 aliphatic carbocycles. The number of morpholine rings is 1. The fourth-order valence-corrected chi connectivity index (χ4v) is 5.19. The first kappa shape index (κ1) is 24.2. The second-order valence-corrected chi connectivity index (χ2v) is 10.1. The maximum absolute atomic E-state index is 13.1. The molecular formula is C24H33N3O4S. The second-order valence-electron chi connectivity index (χ2n) is 8.25. The summed E-state index contributed by atoms with van der Waals surface area (Å²) >= 11 is 0. The number of rotatable bonds is 9. The Labute approximate surface area is 191 Å². The average molecular weight is 460 g/mol. The van der Waals surface area contributed by atoms with Crippen LogP contribution < -0.4 is 9.62 Å². The van der Waals surface area contributed by atoms with Crippen LogP contribution in [0.25, 0.3) is 0 Å². The lowest BCUT2D eigenvalue weighted by molar-refractivity contribution is -0.122. The molecule has 1 aliphatic heterocycles. The first-order valence-electron chi connectivity index (χ1n) is 11.0. The Bertz CT molecular complexity index is 1020. The van der Waals surface area contributed by atoms with Gasteiger partial charge in [0.15, 0.2) is 0 Å². The van der Waals surface area contributed by atoms with Crippen LogP contribution in [0.1, 0.15) is 30.0 Å².